The number of amides is 1. The molecule has 2 heterocycles. The second kappa shape index (κ2) is 8.97. The van der Waals surface area contributed by atoms with E-state index < -0.39 is 0 Å². The maximum Gasteiger partial charge on any atom is 0.257 e. The molecule has 7 heteroatoms. The number of rotatable bonds is 6. The standard InChI is InChI=1S/C21H21N3O3S/c25-20(16-6-8-19(9-7-16)27-18-4-2-1-3-5-18)23-21-22-17(15-28-21)14-24-10-12-26-13-11-24/h1-9,15H,10-14H2,(H,22,23,25). The van der Waals surface area contributed by atoms with Gasteiger partial charge in [0.2, 0.25) is 0 Å². The van der Waals surface area contributed by atoms with Crippen LogP contribution in [-0.2, 0) is 11.3 Å². The first-order valence-electron chi connectivity index (χ1n) is 9.15. The Morgan fingerprint density at radius 1 is 1.07 bits per heavy atom. The summed E-state index contributed by atoms with van der Waals surface area (Å²) in [4.78, 5) is 19.3. The summed E-state index contributed by atoms with van der Waals surface area (Å²) in [6.07, 6.45) is 0. The van der Waals surface area contributed by atoms with Gasteiger partial charge in [-0.25, -0.2) is 4.98 Å². The predicted octanol–water partition coefficient (Wildman–Crippen LogP) is 4.02. The normalized spacial score (nSPS) is 14.6. The fourth-order valence-electron chi connectivity index (χ4n) is 2.89. The molecule has 0 spiro atoms. The average Bonchev–Trinajstić information content (AvgIpc) is 3.17. The Morgan fingerprint density at radius 3 is 2.54 bits per heavy atom. The monoisotopic (exact) mass is 395 g/mol. The lowest BCUT2D eigenvalue weighted by Crippen LogP contribution is -2.35. The van der Waals surface area contributed by atoms with Gasteiger partial charge in [0.15, 0.2) is 5.13 Å². The van der Waals surface area contributed by atoms with Gasteiger partial charge in [-0.1, -0.05) is 18.2 Å². The highest BCUT2D eigenvalue weighted by Crippen LogP contribution is 2.22. The molecule has 1 N–H and O–H groups in total. The SMILES string of the molecule is O=C(Nc1nc(CN2CCOCC2)cs1)c1ccc(Oc2ccccc2)cc1. The molecule has 28 heavy (non-hydrogen) atoms. The molecule has 0 bridgehead atoms. The van der Waals surface area contributed by atoms with Crippen molar-refractivity contribution in [1.82, 2.24) is 9.88 Å². The van der Waals surface area contributed by atoms with Gasteiger partial charge in [0.1, 0.15) is 11.5 Å². The van der Waals surface area contributed by atoms with Gasteiger partial charge in [-0.3, -0.25) is 15.0 Å². The van der Waals surface area contributed by atoms with E-state index in [1.807, 2.05) is 35.7 Å². The van der Waals surface area contributed by atoms with Gasteiger partial charge in [0.25, 0.3) is 5.91 Å². The summed E-state index contributed by atoms with van der Waals surface area (Å²) in [5.41, 5.74) is 1.53. The van der Waals surface area contributed by atoms with Crippen LogP contribution >= 0.6 is 11.3 Å². The molecule has 2 aromatic carbocycles. The number of ether oxygens (including phenoxy) is 2. The van der Waals surface area contributed by atoms with Gasteiger partial charge in [-0.05, 0) is 36.4 Å². The lowest BCUT2D eigenvalue weighted by Gasteiger charge is -2.25. The quantitative estimate of drug-likeness (QED) is 0.683. The van der Waals surface area contributed by atoms with Crippen molar-refractivity contribution in [2.24, 2.45) is 0 Å². The van der Waals surface area contributed by atoms with Crippen LogP contribution in [-0.4, -0.2) is 42.1 Å². The first-order chi connectivity index (χ1) is 13.8. The summed E-state index contributed by atoms with van der Waals surface area (Å²) in [6.45, 7) is 4.13. The number of carbonyl (C=O) groups is 1. The average molecular weight is 395 g/mol. The molecule has 0 radical (unpaired) electrons. The molecule has 1 aliphatic rings. The Balaban J connectivity index is 1.33. The van der Waals surface area contributed by atoms with E-state index in [0.717, 1.165) is 44.3 Å². The van der Waals surface area contributed by atoms with Gasteiger partial charge in [-0.15, -0.1) is 11.3 Å². The van der Waals surface area contributed by atoms with E-state index in [4.69, 9.17) is 9.47 Å². The van der Waals surface area contributed by atoms with E-state index in [-0.39, 0.29) is 5.91 Å². The molecule has 0 unspecified atom stereocenters. The highest BCUT2D eigenvalue weighted by Gasteiger charge is 2.14. The van der Waals surface area contributed by atoms with Gasteiger partial charge >= 0.3 is 0 Å². The van der Waals surface area contributed by atoms with Gasteiger partial charge in [-0.2, -0.15) is 0 Å². The fourth-order valence-corrected chi connectivity index (χ4v) is 3.59. The van der Waals surface area contributed by atoms with Crippen molar-refractivity contribution in [3.8, 4) is 11.5 Å². The number of aromatic nitrogens is 1. The number of anilines is 1. The van der Waals surface area contributed by atoms with E-state index in [1.165, 1.54) is 11.3 Å². The zero-order valence-corrected chi connectivity index (χ0v) is 16.2. The third-order valence-electron chi connectivity index (χ3n) is 4.36. The molecule has 3 aromatic rings. The molecule has 0 saturated carbocycles. The third-order valence-corrected chi connectivity index (χ3v) is 5.16. The van der Waals surface area contributed by atoms with Crippen LogP contribution in [0.3, 0.4) is 0 Å². The first-order valence-corrected chi connectivity index (χ1v) is 10.0. The number of hydrogen-bond donors (Lipinski definition) is 1. The lowest BCUT2D eigenvalue weighted by molar-refractivity contribution is 0.0337. The summed E-state index contributed by atoms with van der Waals surface area (Å²) in [6, 6.07) is 16.6. The molecule has 1 aromatic heterocycles. The van der Waals surface area contributed by atoms with Crippen molar-refractivity contribution < 1.29 is 14.3 Å². The molecule has 1 saturated heterocycles. The van der Waals surface area contributed by atoms with Crippen molar-refractivity contribution in [1.29, 1.82) is 0 Å². The number of carbonyl (C=O) groups excluding carboxylic acids is 1. The molecule has 1 aliphatic heterocycles. The number of nitrogens with zero attached hydrogens (tertiary/aromatic N) is 2. The Morgan fingerprint density at radius 2 is 1.79 bits per heavy atom. The van der Waals surface area contributed by atoms with E-state index in [2.05, 4.69) is 15.2 Å². The molecular formula is C21H21N3O3S. The maximum atomic E-state index is 12.5. The summed E-state index contributed by atoms with van der Waals surface area (Å²) in [5, 5.41) is 5.47. The van der Waals surface area contributed by atoms with Crippen molar-refractivity contribution >= 4 is 22.4 Å². The van der Waals surface area contributed by atoms with Crippen molar-refractivity contribution in [2.75, 3.05) is 31.6 Å². The first kappa shape index (κ1) is 18.6. The van der Waals surface area contributed by atoms with Gasteiger partial charge in [0, 0.05) is 30.6 Å². The lowest BCUT2D eigenvalue weighted by atomic mass is 10.2. The van der Waals surface area contributed by atoms with Crippen molar-refractivity contribution in [3.63, 3.8) is 0 Å². The van der Waals surface area contributed by atoms with Crippen LogP contribution in [0.15, 0.2) is 60.0 Å². The third kappa shape index (κ3) is 4.95. The van der Waals surface area contributed by atoms with Crippen molar-refractivity contribution in [2.45, 2.75) is 6.54 Å². The zero-order chi connectivity index (χ0) is 19.2. The molecule has 6 nitrogen and oxygen atoms in total. The molecule has 0 aliphatic carbocycles. The number of thiazole rings is 1. The molecule has 0 atom stereocenters. The summed E-state index contributed by atoms with van der Waals surface area (Å²) < 4.78 is 11.1. The summed E-state index contributed by atoms with van der Waals surface area (Å²) in [5.74, 6) is 1.26. The van der Waals surface area contributed by atoms with Gasteiger partial charge < -0.3 is 9.47 Å². The maximum absolute atomic E-state index is 12.5. The minimum absolute atomic E-state index is 0.182. The second-order valence-corrected chi connectivity index (χ2v) is 7.28. The van der Waals surface area contributed by atoms with Crippen LogP contribution in [0.5, 0.6) is 11.5 Å². The van der Waals surface area contributed by atoms with Crippen LogP contribution in [0.4, 0.5) is 5.13 Å². The fraction of sp³-hybridized carbons (Fsp3) is 0.238. The smallest absolute Gasteiger partial charge is 0.257 e. The molecule has 4 rings (SSSR count). The minimum Gasteiger partial charge on any atom is -0.457 e. The Labute approximate surface area is 167 Å². The predicted molar refractivity (Wildman–Crippen MR) is 109 cm³/mol. The van der Waals surface area contributed by atoms with Crippen LogP contribution in [0.25, 0.3) is 0 Å². The number of morpholine rings is 1. The van der Waals surface area contributed by atoms with Crippen LogP contribution < -0.4 is 10.1 Å². The number of hydrogen-bond acceptors (Lipinski definition) is 6. The van der Waals surface area contributed by atoms with Crippen molar-refractivity contribution in [3.05, 3.63) is 71.2 Å². The van der Waals surface area contributed by atoms with E-state index in [0.29, 0.717) is 16.4 Å². The molecule has 1 fully saturated rings. The highest BCUT2D eigenvalue weighted by atomic mass is 32.1. The number of benzene rings is 2. The summed E-state index contributed by atoms with van der Waals surface area (Å²) in [7, 11) is 0. The number of nitrogens with one attached hydrogen (secondary N) is 1. The Kier molecular flexibility index (Phi) is 5.96. The minimum atomic E-state index is -0.182. The van der Waals surface area contributed by atoms with E-state index in [9.17, 15) is 4.79 Å². The highest BCUT2D eigenvalue weighted by molar-refractivity contribution is 7.13. The molecule has 144 valence electrons. The van der Waals surface area contributed by atoms with Gasteiger partial charge in [0.05, 0.1) is 18.9 Å². The zero-order valence-electron chi connectivity index (χ0n) is 15.3. The number of para-hydroxylation sites is 1. The largest absolute Gasteiger partial charge is 0.457 e. The summed E-state index contributed by atoms with van der Waals surface area (Å²) >= 11 is 1.44. The van der Waals surface area contributed by atoms with Crippen LogP contribution in [0, 0.1) is 0 Å². The van der Waals surface area contributed by atoms with E-state index >= 15 is 0 Å². The molecule has 1 amide bonds. The van der Waals surface area contributed by atoms with Crippen LogP contribution in [0.1, 0.15) is 16.1 Å². The Hall–Kier alpha value is -2.74. The van der Waals surface area contributed by atoms with E-state index in [1.54, 1.807) is 24.3 Å². The molecular weight excluding hydrogens is 374 g/mol. The topological polar surface area (TPSA) is 63.7 Å². The Bertz CT molecular complexity index is 906. The second-order valence-electron chi connectivity index (χ2n) is 6.43. The van der Waals surface area contributed by atoms with Crippen LogP contribution in [0.2, 0.25) is 0 Å².